The Morgan fingerprint density at radius 2 is 2.09 bits per heavy atom. The molecule has 9 heteroatoms. The van der Waals surface area contributed by atoms with Gasteiger partial charge in [0.05, 0.1) is 5.02 Å². The first-order valence-electron chi connectivity index (χ1n) is 6.76. The maximum Gasteiger partial charge on any atom is 0.245 e. The SMILES string of the molecule is CN1CCN(S(=O)(=O)c2c[nH]c3ncc(Cl)cc23)CCC1=O. The van der Waals surface area contributed by atoms with Crippen LogP contribution in [-0.2, 0) is 14.8 Å². The van der Waals surface area contributed by atoms with Crippen molar-refractivity contribution < 1.29 is 13.2 Å². The van der Waals surface area contributed by atoms with Gasteiger partial charge in [-0.3, -0.25) is 4.79 Å². The van der Waals surface area contributed by atoms with E-state index >= 15 is 0 Å². The molecule has 2 aromatic heterocycles. The fourth-order valence-corrected chi connectivity index (χ4v) is 4.19. The van der Waals surface area contributed by atoms with Gasteiger partial charge in [-0.15, -0.1) is 0 Å². The summed E-state index contributed by atoms with van der Waals surface area (Å²) in [6, 6.07) is 1.57. The van der Waals surface area contributed by atoms with Crippen molar-refractivity contribution in [1.29, 1.82) is 0 Å². The lowest BCUT2D eigenvalue weighted by molar-refractivity contribution is -0.129. The molecule has 0 spiro atoms. The molecule has 118 valence electrons. The highest BCUT2D eigenvalue weighted by molar-refractivity contribution is 7.89. The molecule has 0 saturated carbocycles. The van der Waals surface area contributed by atoms with Crippen molar-refractivity contribution in [2.75, 3.05) is 26.7 Å². The number of nitrogens with zero attached hydrogens (tertiary/aromatic N) is 3. The first kappa shape index (κ1) is 15.3. The van der Waals surface area contributed by atoms with E-state index in [2.05, 4.69) is 9.97 Å². The number of halogens is 1. The predicted molar refractivity (Wildman–Crippen MR) is 82.1 cm³/mol. The summed E-state index contributed by atoms with van der Waals surface area (Å²) >= 11 is 5.91. The lowest BCUT2D eigenvalue weighted by atomic mass is 10.3. The molecule has 7 nitrogen and oxygen atoms in total. The minimum Gasteiger partial charge on any atom is -0.345 e. The predicted octanol–water partition coefficient (Wildman–Crippen LogP) is 1.07. The van der Waals surface area contributed by atoms with E-state index in [1.807, 2.05) is 0 Å². The lowest BCUT2D eigenvalue weighted by Crippen LogP contribution is -2.34. The van der Waals surface area contributed by atoms with Crippen LogP contribution in [0.5, 0.6) is 0 Å². The van der Waals surface area contributed by atoms with Crippen LogP contribution in [0.15, 0.2) is 23.4 Å². The molecule has 3 rings (SSSR count). The van der Waals surface area contributed by atoms with E-state index in [-0.39, 0.29) is 30.3 Å². The Bertz CT molecular complexity index is 833. The molecule has 3 heterocycles. The van der Waals surface area contributed by atoms with Crippen molar-refractivity contribution in [1.82, 2.24) is 19.2 Å². The fourth-order valence-electron chi connectivity index (χ4n) is 2.46. The normalized spacial score (nSPS) is 17.9. The summed E-state index contributed by atoms with van der Waals surface area (Å²) in [5.41, 5.74) is 0.464. The summed E-state index contributed by atoms with van der Waals surface area (Å²) in [5.74, 6) is -0.0543. The molecule has 0 aliphatic carbocycles. The first-order chi connectivity index (χ1) is 10.4. The van der Waals surface area contributed by atoms with Crippen molar-refractivity contribution in [3.05, 3.63) is 23.5 Å². The number of sulfonamides is 1. The molecule has 1 saturated heterocycles. The van der Waals surface area contributed by atoms with E-state index in [1.54, 1.807) is 18.0 Å². The molecule has 0 bridgehead atoms. The van der Waals surface area contributed by atoms with Crippen LogP contribution in [0.3, 0.4) is 0 Å². The highest BCUT2D eigenvalue weighted by Gasteiger charge is 2.30. The van der Waals surface area contributed by atoms with E-state index in [0.29, 0.717) is 22.6 Å². The van der Waals surface area contributed by atoms with E-state index in [4.69, 9.17) is 11.6 Å². The zero-order valence-corrected chi connectivity index (χ0v) is 13.5. The van der Waals surface area contributed by atoms with Crippen LogP contribution in [0, 0.1) is 0 Å². The molecular weight excluding hydrogens is 328 g/mol. The van der Waals surface area contributed by atoms with Gasteiger partial charge in [0.1, 0.15) is 10.5 Å². The molecule has 1 amide bonds. The van der Waals surface area contributed by atoms with Crippen molar-refractivity contribution in [2.45, 2.75) is 11.3 Å². The van der Waals surface area contributed by atoms with Crippen LogP contribution in [0.1, 0.15) is 6.42 Å². The van der Waals surface area contributed by atoms with Crippen LogP contribution in [0.4, 0.5) is 0 Å². The summed E-state index contributed by atoms with van der Waals surface area (Å²) in [4.78, 5) is 20.3. The number of carbonyl (C=O) groups excluding carboxylic acids is 1. The summed E-state index contributed by atoms with van der Waals surface area (Å²) in [6.45, 7) is 0.816. The van der Waals surface area contributed by atoms with Crippen molar-refractivity contribution >= 4 is 38.6 Å². The number of H-pyrrole nitrogens is 1. The first-order valence-corrected chi connectivity index (χ1v) is 8.58. The van der Waals surface area contributed by atoms with Gasteiger partial charge < -0.3 is 9.88 Å². The minimum absolute atomic E-state index is 0.0543. The number of amides is 1. The third kappa shape index (κ3) is 2.57. The molecule has 1 N–H and O–H groups in total. The maximum atomic E-state index is 12.8. The van der Waals surface area contributed by atoms with Crippen molar-refractivity contribution in [2.24, 2.45) is 0 Å². The van der Waals surface area contributed by atoms with Gasteiger partial charge in [-0.1, -0.05) is 11.6 Å². The molecule has 2 aromatic rings. The summed E-state index contributed by atoms with van der Waals surface area (Å²) in [7, 11) is -2.03. The van der Waals surface area contributed by atoms with Gasteiger partial charge in [-0.2, -0.15) is 4.31 Å². The van der Waals surface area contributed by atoms with E-state index in [0.717, 1.165) is 0 Å². The highest BCUT2D eigenvalue weighted by Crippen LogP contribution is 2.27. The summed E-state index contributed by atoms with van der Waals surface area (Å²) in [6.07, 6.45) is 3.05. The smallest absolute Gasteiger partial charge is 0.245 e. The van der Waals surface area contributed by atoms with Crippen LogP contribution in [0.2, 0.25) is 5.02 Å². The van der Waals surface area contributed by atoms with Gasteiger partial charge >= 0.3 is 0 Å². The third-order valence-corrected chi connectivity index (χ3v) is 5.91. The van der Waals surface area contributed by atoms with Gasteiger partial charge in [-0.25, -0.2) is 13.4 Å². The fraction of sp³-hybridized carbons (Fsp3) is 0.385. The number of fused-ring (bicyclic) bond motifs is 1. The molecule has 1 aliphatic heterocycles. The van der Waals surface area contributed by atoms with Gasteiger partial charge in [-0.05, 0) is 6.07 Å². The highest BCUT2D eigenvalue weighted by atomic mass is 35.5. The second kappa shape index (κ2) is 5.53. The molecule has 0 atom stereocenters. The standard InChI is InChI=1S/C13H15ClN4O3S/c1-17-4-5-18(3-2-12(17)19)22(20,21)11-8-16-13-10(11)6-9(14)7-15-13/h6-8H,2-5H2,1H3,(H,15,16). The average molecular weight is 343 g/mol. The van der Waals surface area contributed by atoms with Crippen LogP contribution in [-0.4, -0.2) is 60.2 Å². The third-order valence-electron chi connectivity index (χ3n) is 3.76. The molecule has 22 heavy (non-hydrogen) atoms. The Kier molecular flexibility index (Phi) is 3.84. The number of rotatable bonds is 2. The summed E-state index contributed by atoms with van der Waals surface area (Å²) < 4.78 is 27.0. The Hall–Kier alpha value is -1.64. The molecule has 0 radical (unpaired) electrons. The Morgan fingerprint density at radius 1 is 1.32 bits per heavy atom. The maximum absolute atomic E-state index is 12.8. The number of hydrogen-bond donors (Lipinski definition) is 1. The van der Waals surface area contributed by atoms with Crippen molar-refractivity contribution in [3.8, 4) is 0 Å². The monoisotopic (exact) mass is 342 g/mol. The van der Waals surface area contributed by atoms with E-state index in [1.165, 1.54) is 16.7 Å². The van der Waals surface area contributed by atoms with E-state index < -0.39 is 10.0 Å². The van der Waals surface area contributed by atoms with Crippen molar-refractivity contribution in [3.63, 3.8) is 0 Å². The second-order valence-corrected chi connectivity index (χ2v) is 7.51. The molecule has 1 fully saturated rings. The second-order valence-electron chi connectivity index (χ2n) is 5.17. The quantitative estimate of drug-likeness (QED) is 0.884. The number of nitrogens with one attached hydrogen (secondary N) is 1. The molecule has 1 aliphatic rings. The Labute approximate surface area is 132 Å². The van der Waals surface area contributed by atoms with Gasteiger partial charge in [0, 0.05) is 50.9 Å². The van der Waals surface area contributed by atoms with Gasteiger partial charge in [0.15, 0.2) is 0 Å². The zero-order valence-electron chi connectivity index (χ0n) is 11.9. The van der Waals surface area contributed by atoms with Crippen LogP contribution in [0.25, 0.3) is 11.0 Å². The Morgan fingerprint density at radius 3 is 2.86 bits per heavy atom. The number of hydrogen-bond acceptors (Lipinski definition) is 4. The average Bonchev–Trinajstić information content (AvgIpc) is 2.81. The molecule has 0 unspecified atom stereocenters. The number of carbonyl (C=O) groups is 1. The number of aromatic amines is 1. The molecular formula is C13H15ClN4O3S. The number of pyridine rings is 1. The van der Waals surface area contributed by atoms with Gasteiger partial charge in [0.2, 0.25) is 15.9 Å². The molecule has 0 aromatic carbocycles. The van der Waals surface area contributed by atoms with Crippen LogP contribution >= 0.6 is 11.6 Å². The number of likely N-dealkylation sites (N-methyl/N-ethyl adjacent to an activating group) is 1. The van der Waals surface area contributed by atoms with Crippen LogP contribution < -0.4 is 0 Å². The topological polar surface area (TPSA) is 86.4 Å². The van der Waals surface area contributed by atoms with Gasteiger partial charge in [0.25, 0.3) is 0 Å². The minimum atomic E-state index is -3.71. The Balaban J connectivity index is 2.01. The van der Waals surface area contributed by atoms with E-state index in [9.17, 15) is 13.2 Å². The number of aromatic nitrogens is 2. The largest absolute Gasteiger partial charge is 0.345 e. The zero-order chi connectivity index (χ0) is 15.9. The summed E-state index contributed by atoms with van der Waals surface area (Å²) in [5, 5.41) is 0.825. The lowest BCUT2D eigenvalue weighted by Gasteiger charge is -2.19.